The Kier molecular flexibility index (Phi) is 7.69. The van der Waals surface area contributed by atoms with Crippen LogP contribution in [0.1, 0.15) is 25.8 Å². The van der Waals surface area contributed by atoms with Gasteiger partial charge in [0.05, 0.1) is 6.54 Å². The number of nitrogen functional groups attached to an aromatic ring is 1. The van der Waals surface area contributed by atoms with Crippen molar-refractivity contribution in [2.24, 2.45) is 0 Å². The third-order valence-electron chi connectivity index (χ3n) is 2.76. The van der Waals surface area contributed by atoms with E-state index in [1.807, 2.05) is 38.1 Å². The smallest absolute Gasteiger partial charge is 0.220 e. The Balaban J connectivity index is 2.29. The Hall–Kier alpha value is -1.59. The van der Waals surface area contributed by atoms with Crippen LogP contribution in [-0.4, -0.2) is 32.0 Å². The summed E-state index contributed by atoms with van der Waals surface area (Å²) in [6.07, 6.45) is 0.723. The molecule has 1 rings (SSSR count). The van der Waals surface area contributed by atoms with Crippen LogP contribution >= 0.6 is 0 Å². The van der Waals surface area contributed by atoms with E-state index in [9.17, 15) is 4.79 Å². The summed E-state index contributed by atoms with van der Waals surface area (Å²) >= 11 is 0. The molecule has 0 atom stereocenters. The maximum absolute atomic E-state index is 11.8. The predicted molar refractivity (Wildman–Crippen MR) is 79.2 cm³/mol. The molecule has 1 amide bonds. The average molecular weight is 280 g/mol. The van der Waals surface area contributed by atoms with Crippen molar-refractivity contribution >= 4 is 11.6 Å². The second-order valence-electron chi connectivity index (χ2n) is 4.39. The minimum atomic E-state index is -0.374. The molecule has 0 spiro atoms. The summed E-state index contributed by atoms with van der Waals surface area (Å²) in [4.78, 5) is 11.8. The molecule has 0 saturated carbocycles. The number of carbonyl (C=O) groups excluding carboxylic acids is 1. The van der Waals surface area contributed by atoms with E-state index in [0.717, 1.165) is 11.3 Å². The largest absolute Gasteiger partial charge is 0.399 e. The molecule has 0 saturated heterocycles. The van der Waals surface area contributed by atoms with Gasteiger partial charge in [-0.25, -0.2) is 0 Å². The molecule has 0 aromatic heterocycles. The van der Waals surface area contributed by atoms with Gasteiger partial charge in [-0.1, -0.05) is 12.1 Å². The summed E-state index contributed by atoms with van der Waals surface area (Å²) in [5.41, 5.74) is 7.48. The van der Waals surface area contributed by atoms with Crippen LogP contribution in [0.2, 0.25) is 0 Å². The third kappa shape index (κ3) is 6.54. The van der Waals surface area contributed by atoms with Gasteiger partial charge >= 0.3 is 0 Å². The Labute approximate surface area is 120 Å². The highest BCUT2D eigenvalue weighted by atomic mass is 16.7. The van der Waals surface area contributed by atoms with Gasteiger partial charge in [0.1, 0.15) is 0 Å². The van der Waals surface area contributed by atoms with Crippen LogP contribution in [0.15, 0.2) is 24.3 Å². The van der Waals surface area contributed by atoms with E-state index in [0.29, 0.717) is 32.6 Å². The molecule has 20 heavy (non-hydrogen) atoms. The van der Waals surface area contributed by atoms with Crippen LogP contribution < -0.4 is 11.1 Å². The van der Waals surface area contributed by atoms with Gasteiger partial charge < -0.3 is 20.5 Å². The maximum atomic E-state index is 11.8. The summed E-state index contributed by atoms with van der Waals surface area (Å²) in [6, 6.07) is 7.57. The van der Waals surface area contributed by atoms with E-state index in [2.05, 4.69) is 5.32 Å². The summed E-state index contributed by atoms with van der Waals surface area (Å²) < 4.78 is 10.7. The molecule has 0 aliphatic heterocycles. The fourth-order valence-corrected chi connectivity index (χ4v) is 1.83. The molecule has 112 valence electrons. The van der Waals surface area contributed by atoms with Crippen molar-refractivity contribution < 1.29 is 14.3 Å². The molecule has 0 radical (unpaired) electrons. The lowest BCUT2D eigenvalue weighted by molar-refractivity contribution is -0.140. The van der Waals surface area contributed by atoms with E-state index in [-0.39, 0.29) is 12.2 Å². The van der Waals surface area contributed by atoms with Crippen molar-refractivity contribution in [1.29, 1.82) is 0 Å². The van der Waals surface area contributed by atoms with Crippen molar-refractivity contribution in [3.63, 3.8) is 0 Å². The number of nitrogens with two attached hydrogens (primary N) is 1. The summed E-state index contributed by atoms with van der Waals surface area (Å²) in [7, 11) is 0. The zero-order chi connectivity index (χ0) is 14.8. The molecule has 0 bridgehead atoms. The molecule has 1 aromatic carbocycles. The van der Waals surface area contributed by atoms with Gasteiger partial charge in [-0.2, -0.15) is 0 Å². The topological polar surface area (TPSA) is 73.6 Å². The monoisotopic (exact) mass is 280 g/mol. The highest BCUT2D eigenvalue weighted by molar-refractivity contribution is 5.76. The van der Waals surface area contributed by atoms with Crippen molar-refractivity contribution in [2.45, 2.75) is 33.0 Å². The van der Waals surface area contributed by atoms with E-state index < -0.39 is 0 Å². The predicted octanol–water partition coefficient (Wildman–Crippen LogP) is 1.72. The molecule has 0 aliphatic carbocycles. The molecule has 0 aliphatic rings. The first-order valence-electron chi connectivity index (χ1n) is 7.00. The van der Waals surface area contributed by atoms with E-state index in [4.69, 9.17) is 15.2 Å². The Morgan fingerprint density at radius 2 is 2.00 bits per heavy atom. The molecule has 5 heteroatoms. The van der Waals surface area contributed by atoms with Gasteiger partial charge in [-0.3, -0.25) is 4.79 Å². The number of benzene rings is 1. The maximum Gasteiger partial charge on any atom is 0.220 e. The molecule has 1 aromatic rings. The van der Waals surface area contributed by atoms with Crippen LogP contribution in [0.25, 0.3) is 0 Å². The number of amides is 1. The zero-order valence-electron chi connectivity index (χ0n) is 12.2. The second kappa shape index (κ2) is 9.34. The van der Waals surface area contributed by atoms with Crippen molar-refractivity contribution in [1.82, 2.24) is 5.32 Å². The lowest BCUT2D eigenvalue weighted by Crippen LogP contribution is -2.35. The van der Waals surface area contributed by atoms with Gasteiger partial charge in [0.2, 0.25) is 5.91 Å². The number of nitrogens with one attached hydrogen (secondary N) is 1. The van der Waals surface area contributed by atoms with Gasteiger partial charge in [0.15, 0.2) is 6.29 Å². The number of hydrogen-bond acceptors (Lipinski definition) is 4. The van der Waals surface area contributed by atoms with Crippen LogP contribution in [-0.2, 0) is 20.7 Å². The van der Waals surface area contributed by atoms with Gasteiger partial charge in [0, 0.05) is 25.3 Å². The first-order valence-corrected chi connectivity index (χ1v) is 7.00. The highest BCUT2D eigenvalue weighted by Gasteiger charge is 2.10. The van der Waals surface area contributed by atoms with Crippen LogP contribution in [0.5, 0.6) is 0 Å². The lowest BCUT2D eigenvalue weighted by atomic mass is 10.1. The SMILES string of the molecule is CCOC(CNC(=O)CCc1cccc(N)c1)OCC. The van der Waals surface area contributed by atoms with Crippen molar-refractivity contribution in [3.8, 4) is 0 Å². The van der Waals surface area contributed by atoms with Crippen LogP contribution in [0.4, 0.5) is 5.69 Å². The van der Waals surface area contributed by atoms with Crippen LogP contribution in [0.3, 0.4) is 0 Å². The van der Waals surface area contributed by atoms with E-state index in [1.165, 1.54) is 0 Å². The Bertz CT molecular complexity index is 404. The second-order valence-corrected chi connectivity index (χ2v) is 4.39. The number of carbonyl (C=O) groups is 1. The number of rotatable bonds is 9. The Morgan fingerprint density at radius 3 is 2.60 bits per heavy atom. The molecule has 5 nitrogen and oxygen atoms in total. The fourth-order valence-electron chi connectivity index (χ4n) is 1.83. The van der Waals surface area contributed by atoms with E-state index in [1.54, 1.807) is 0 Å². The minimum absolute atomic E-state index is 0.0168. The molecule has 0 heterocycles. The number of anilines is 1. The highest BCUT2D eigenvalue weighted by Crippen LogP contribution is 2.08. The number of ether oxygens (including phenoxy) is 2. The molecule has 0 fully saturated rings. The standard InChI is InChI=1S/C15H24N2O3/c1-3-19-15(20-4-2)11-17-14(18)9-8-12-6-5-7-13(16)10-12/h5-7,10,15H,3-4,8-9,11,16H2,1-2H3,(H,17,18). The number of aryl methyl sites for hydroxylation is 1. The molecular weight excluding hydrogens is 256 g/mol. The van der Waals surface area contributed by atoms with Gasteiger partial charge in [0.25, 0.3) is 0 Å². The fraction of sp³-hybridized carbons (Fsp3) is 0.533. The third-order valence-corrected chi connectivity index (χ3v) is 2.76. The molecule has 0 unspecified atom stereocenters. The normalized spacial score (nSPS) is 10.8. The van der Waals surface area contributed by atoms with E-state index >= 15 is 0 Å². The summed E-state index contributed by atoms with van der Waals surface area (Å²) in [5, 5.41) is 2.82. The van der Waals surface area contributed by atoms with Gasteiger partial charge in [-0.15, -0.1) is 0 Å². The molecular formula is C15H24N2O3. The Morgan fingerprint density at radius 1 is 1.30 bits per heavy atom. The molecule has 3 N–H and O–H groups in total. The van der Waals surface area contributed by atoms with Crippen molar-refractivity contribution in [2.75, 3.05) is 25.5 Å². The average Bonchev–Trinajstić information content (AvgIpc) is 2.43. The first kappa shape index (κ1) is 16.5. The first-order chi connectivity index (χ1) is 9.65. The number of hydrogen-bond donors (Lipinski definition) is 2. The lowest BCUT2D eigenvalue weighted by Gasteiger charge is -2.17. The van der Waals surface area contributed by atoms with Crippen LogP contribution in [0, 0.1) is 0 Å². The summed E-state index contributed by atoms with van der Waals surface area (Å²) in [6.45, 7) is 5.28. The van der Waals surface area contributed by atoms with Crippen molar-refractivity contribution in [3.05, 3.63) is 29.8 Å². The minimum Gasteiger partial charge on any atom is -0.399 e. The zero-order valence-corrected chi connectivity index (χ0v) is 12.2. The van der Waals surface area contributed by atoms with Gasteiger partial charge in [-0.05, 0) is 38.0 Å². The quantitative estimate of drug-likeness (QED) is 0.533. The summed E-state index contributed by atoms with van der Waals surface area (Å²) in [5.74, 6) is -0.0168.